The van der Waals surface area contributed by atoms with Crippen molar-refractivity contribution in [3.63, 3.8) is 0 Å². The summed E-state index contributed by atoms with van der Waals surface area (Å²) in [6, 6.07) is 4.81. The van der Waals surface area contributed by atoms with Crippen LogP contribution < -0.4 is 5.73 Å². The molecule has 0 spiro atoms. The van der Waals surface area contributed by atoms with Crippen molar-refractivity contribution in [3.8, 4) is 5.75 Å². The first-order valence-electron chi connectivity index (χ1n) is 3.73. The van der Waals surface area contributed by atoms with E-state index < -0.39 is 0 Å². The Bertz CT molecular complexity index is 473. The van der Waals surface area contributed by atoms with Crippen molar-refractivity contribution in [3.05, 3.63) is 30.0 Å². The van der Waals surface area contributed by atoms with Gasteiger partial charge in [-0.2, -0.15) is 0 Å². The molecule has 66 valence electrons. The third-order valence-electron chi connectivity index (χ3n) is 1.86. The second-order valence-corrected chi connectivity index (χ2v) is 2.74. The molecular weight excluding hydrogens is 168 g/mol. The van der Waals surface area contributed by atoms with Crippen molar-refractivity contribution < 1.29 is 9.52 Å². The minimum absolute atomic E-state index is 0.00130. The van der Waals surface area contributed by atoms with Gasteiger partial charge in [0.1, 0.15) is 17.2 Å². The van der Waals surface area contributed by atoms with Gasteiger partial charge in [0.15, 0.2) is 0 Å². The van der Waals surface area contributed by atoms with E-state index in [1.165, 1.54) is 12.3 Å². The highest BCUT2D eigenvalue weighted by Crippen LogP contribution is 2.25. The summed E-state index contributed by atoms with van der Waals surface area (Å²) in [4.78, 5) is 0. The Hall–Kier alpha value is -1.97. The number of benzene rings is 1. The molecule has 0 radical (unpaired) electrons. The monoisotopic (exact) mass is 176 g/mol. The largest absolute Gasteiger partial charge is 0.507 e. The maximum Gasteiger partial charge on any atom is 0.134 e. The first-order chi connectivity index (χ1) is 6.18. The van der Waals surface area contributed by atoms with Gasteiger partial charge < -0.3 is 15.3 Å². The van der Waals surface area contributed by atoms with Gasteiger partial charge in [0.25, 0.3) is 0 Å². The van der Waals surface area contributed by atoms with Crippen molar-refractivity contribution in [2.24, 2.45) is 5.73 Å². The minimum Gasteiger partial charge on any atom is -0.507 e. The van der Waals surface area contributed by atoms with Crippen LogP contribution in [0.3, 0.4) is 0 Å². The molecule has 0 aliphatic carbocycles. The Kier molecular flexibility index (Phi) is 1.48. The van der Waals surface area contributed by atoms with Gasteiger partial charge in [-0.25, -0.2) is 0 Å². The lowest BCUT2D eigenvalue weighted by Gasteiger charge is -2.00. The van der Waals surface area contributed by atoms with Crippen LogP contribution >= 0.6 is 0 Å². The Morgan fingerprint density at radius 1 is 1.46 bits per heavy atom. The standard InChI is InChI=1S/C9H8N2O2/c10-9(11)6-4-8-5(1-2-13-8)3-7(6)12/h1-4,12H,(H3,10,11). The van der Waals surface area contributed by atoms with Crippen molar-refractivity contribution in [1.82, 2.24) is 0 Å². The molecule has 2 rings (SSSR count). The predicted octanol–water partition coefficient (Wildman–Crippen LogP) is 1.42. The number of hydrogen-bond donors (Lipinski definition) is 3. The number of fused-ring (bicyclic) bond motifs is 1. The molecule has 0 aliphatic heterocycles. The quantitative estimate of drug-likeness (QED) is 0.454. The van der Waals surface area contributed by atoms with Crippen LogP contribution in [-0.2, 0) is 0 Å². The van der Waals surface area contributed by atoms with Crippen LogP contribution in [-0.4, -0.2) is 10.9 Å². The third kappa shape index (κ3) is 1.12. The van der Waals surface area contributed by atoms with E-state index >= 15 is 0 Å². The van der Waals surface area contributed by atoms with E-state index in [0.29, 0.717) is 11.1 Å². The number of rotatable bonds is 1. The van der Waals surface area contributed by atoms with Gasteiger partial charge in [0, 0.05) is 5.39 Å². The van der Waals surface area contributed by atoms with Crippen LogP contribution in [0.2, 0.25) is 0 Å². The van der Waals surface area contributed by atoms with Crippen molar-refractivity contribution >= 4 is 16.8 Å². The van der Waals surface area contributed by atoms with Crippen LogP contribution in [0.5, 0.6) is 5.75 Å². The summed E-state index contributed by atoms with van der Waals surface area (Å²) in [5, 5.41) is 17.4. The topological polar surface area (TPSA) is 83.2 Å². The molecule has 0 atom stereocenters. The second kappa shape index (κ2) is 2.52. The molecule has 0 fully saturated rings. The summed E-state index contributed by atoms with van der Waals surface area (Å²) in [5.41, 5.74) is 6.16. The Balaban J connectivity index is 2.76. The van der Waals surface area contributed by atoms with E-state index in [0.717, 1.165) is 5.39 Å². The number of nitrogens with one attached hydrogen (secondary N) is 1. The molecule has 0 aliphatic rings. The molecule has 0 saturated carbocycles. The molecule has 1 heterocycles. The lowest BCUT2D eigenvalue weighted by atomic mass is 10.1. The fraction of sp³-hybridized carbons (Fsp3) is 0. The molecule has 4 nitrogen and oxygen atoms in total. The van der Waals surface area contributed by atoms with Gasteiger partial charge >= 0.3 is 0 Å². The smallest absolute Gasteiger partial charge is 0.134 e. The van der Waals surface area contributed by atoms with Gasteiger partial charge in [-0.15, -0.1) is 0 Å². The molecular formula is C9H8N2O2. The first kappa shape index (κ1) is 7.67. The van der Waals surface area contributed by atoms with E-state index in [2.05, 4.69) is 0 Å². The lowest BCUT2D eigenvalue weighted by molar-refractivity contribution is 0.474. The van der Waals surface area contributed by atoms with Crippen LogP contribution in [0.15, 0.2) is 28.9 Å². The summed E-state index contributed by atoms with van der Waals surface area (Å²) in [5.74, 6) is -0.169. The summed E-state index contributed by atoms with van der Waals surface area (Å²) < 4.78 is 5.10. The molecule has 13 heavy (non-hydrogen) atoms. The summed E-state index contributed by atoms with van der Waals surface area (Å²) >= 11 is 0. The molecule has 1 aromatic heterocycles. The fourth-order valence-corrected chi connectivity index (χ4v) is 1.21. The van der Waals surface area contributed by atoms with Crippen LogP contribution in [0, 0.1) is 5.41 Å². The number of nitrogens with two attached hydrogens (primary N) is 1. The highest BCUT2D eigenvalue weighted by molar-refractivity contribution is 6.00. The zero-order chi connectivity index (χ0) is 9.42. The maximum absolute atomic E-state index is 9.43. The minimum atomic E-state index is -0.171. The molecule has 4 N–H and O–H groups in total. The number of aromatic hydroxyl groups is 1. The zero-order valence-electron chi connectivity index (χ0n) is 6.74. The number of phenols is 1. The van der Waals surface area contributed by atoms with Crippen molar-refractivity contribution in [2.75, 3.05) is 0 Å². The maximum atomic E-state index is 9.43. The third-order valence-corrected chi connectivity index (χ3v) is 1.86. The van der Waals surface area contributed by atoms with Gasteiger partial charge in [0.2, 0.25) is 0 Å². The molecule has 1 aromatic carbocycles. The fourth-order valence-electron chi connectivity index (χ4n) is 1.21. The highest BCUT2D eigenvalue weighted by Gasteiger charge is 2.07. The molecule has 0 bridgehead atoms. The number of nitrogen functional groups attached to an aromatic ring is 1. The van der Waals surface area contributed by atoms with Crippen LogP contribution in [0.1, 0.15) is 5.56 Å². The van der Waals surface area contributed by atoms with Gasteiger partial charge in [-0.1, -0.05) is 0 Å². The number of phenolic OH excluding ortho intramolecular Hbond substituents is 1. The number of hydrogen-bond acceptors (Lipinski definition) is 3. The molecule has 0 unspecified atom stereocenters. The highest BCUT2D eigenvalue weighted by atomic mass is 16.3. The molecule has 0 amide bonds. The number of amidine groups is 1. The zero-order valence-corrected chi connectivity index (χ0v) is 6.74. The van der Waals surface area contributed by atoms with E-state index in [1.54, 1.807) is 12.1 Å². The average Bonchev–Trinajstić information content (AvgIpc) is 2.48. The predicted molar refractivity (Wildman–Crippen MR) is 48.9 cm³/mol. The van der Waals surface area contributed by atoms with Crippen molar-refractivity contribution in [1.29, 1.82) is 5.41 Å². The molecule has 4 heteroatoms. The Morgan fingerprint density at radius 2 is 2.23 bits per heavy atom. The summed E-state index contributed by atoms with van der Waals surface area (Å²) in [6.07, 6.45) is 1.52. The van der Waals surface area contributed by atoms with Gasteiger partial charge in [0.05, 0.1) is 11.8 Å². The lowest BCUT2D eigenvalue weighted by Crippen LogP contribution is -2.10. The van der Waals surface area contributed by atoms with Crippen LogP contribution in [0.25, 0.3) is 11.0 Å². The van der Waals surface area contributed by atoms with E-state index in [1.807, 2.05) is 0 Å². The summed E-state index contributed by atoms with van der Waals surface area (Å²) in [7, 11) is 0. The Morgan fingerprint density at radius 3 is 2.92 bits per heavy atom. The SMILES string of the molecule is N=C(N)c1cc2occc2cc1O. The molecule has 2 aromatic rings. The van der Waals surface area contributed by atoms with Crippen LogP contribution in [0.4, 0.5) is 0 Å². The van der Waals surface area contributed by atoms with E-state index in [-0.39, 0.29) is 11.6 Å². The first-order valence-corrected chi connectivity index (χ1v) is 3.73. The normalized spacial score (nSPS) is 10.5. The van der Waals surface area contributed by atoms with Crippen molar-refractivity contribution in [2.45, 2.75) is 0 Å². The summed E-state index contributed by atoms with van der Waals surface area (Å²) in [6.45, 7) is 0. The number of furan rings is 1. The molecule has 0 saturated heterocycles. The van der Waals surface area contributed by atoms with Gasteiger partial charge in [-0.3, -0.25) is 5.41 Å². The van der Waals surface area contributed by atoms with E-state index in [9.17, 15) is 5.11 Å². The Labute approximate surface area is 74.1 Å². The second-order valence-electron chi connectivity index (χ2n) is 2.74. The van der Waals surface area contributed by atoms with Gasteiger partial charge in [-0.05, 0) is 18.2 Å². The average molecular weight is 176 g/mol. The van der Waals surface area contributed by atoms with E-state index in [4.69, 9.17) is 15.6 Å².